The summed E-state index contributed by atoms with van der Waals surface area (Å²) in [5.74, 6) is -0.166. The van der Waals surface area contributed by atoms with E-state index in [0.29, 0.717) is 11.3 Å². The molecule has 1 amide bonds. The summed E-state index contributed by atoms with van der Waals surface area (Å²) in [5.41, 5.74) is 3.16. The summed E-state index contributed by atoms with van der Waals surface area (Å²) in [7, 11) is -3.47. The number of carbonyl (C=O) groups excluding carboxylic acids is 1. The number of aryl methyl sites for hydroxylation is 1. The fourth-order valence-corrected chi connectivity index (χ4v) is 4.22. The van der Waals surface area contributed by atoms with E-state index >= 15 is 0 Å². The van der Waals surface area contributed by atoms with Crippen LogP contribution in [-0.2, 0) is 23.0 Å². The average Bonchev–Trinajstić information content (AvgIpc) is 2.77. The van der Waals surface area contributed by atoms with Crippen molar-refractivity contribution in [3.05, 3.63) is 102 Å². The number of benzene rings is 3. The SMILES string of the molecule is C[C@H](CCc1ccccc1)NC(=O)c1ccc(N(Cc2ccccc2)S(C)(=O)=O)cc1. The Labute approximate surface area is 184 Å². The Morgan fingerprint density at radius 3 is 1.97 bits per heavy atom. The molecule has 0 unspecified atom stereocenters. The van der Waals surface area contributed by atoms with Crippen molar-refractivity contribution in [2.75, 3.05) is 10.6 Å². The van der Waals surface area contributed by atoms with Gasteiger partial charge >= 0.3 is 0 Å². The molecule has 1 N–H and O–H groups in total. The van der Waals surface area contributed by atoms with Crippen molar-refractivity contribution in [1.82, 2.24) is 5.32 Å². The Bertz CT molecular complexity index is 1080. The van der Waals surface area contributed by atoms with Crippen LogP contribution in [0.3, 0.4) is 0 Å². The molecule has 0 aliphatic heterocycles. The molecule has 0 radical (unpaired) electrons. The van der Waals surface area contributed by atoms with E-state index in [9.17, 15) is 13.2 Å². The lowest BCUT2D eigenvalue weighted by Crippen LogP contribution is -2.33. The van der Waals surface area contributed by atoms with Crippen molar-refractivity contribution < 1.29 is 13.2 Å². The molecule has 0 aliphatic rings. The summed E-state index contributed by atoms with van der Waals surface area (Å²) in [4.78, 5) is 12.6. The van der Waals surface area contributed by atoms with Gasteiger partial charge in [-0.2, -0.15) is 0 Å². The maximum atomic E-state index is 12.6. The molecule has 1 atom stereocenters. The molecule has 0 fully saturated rings. The van der Waals surface area contributed by atoms with Gasteiger partial charge in [0.1, 0.15) is 0 Å². The molecule has 0 aromatic heterocycles. The van der Waals surface area contributed by atoms with Crippen molar-refractivity contribution in [2.45, 2.75) is 32.4 Å². The van der Waals surface area contributed by atoms with Gasteiger partial charge in [-0.15, -0.1) is 0 Å². The molecule has 5 nitrogen and oxygen atoms in total. The van der Waals surface area contributed by atoms with Gasteiger partial charge < -0.3 is 5.32 Å². The first-order valence-electron chi connectivity index (χ1n) is 10.3. The minimum atomic E-state index is -3.47. The van der Waals surface area contributed by atoms with E-state index in [1.807, 2.05) is 55.5 Å². The Morgan fingerprint density at radius 2 is 1.42 bits per heavy atom. The second-order valence-corrected chi connectivity index (χ2v) is 9.61. The van der Waals surface area contributed by atoms with E-state index in [4.69, 9.17) is 0 Å². The standard InChI is InChI=1S/C25H28N2O3S/c1-20(13-14-21-9-5-3-6-10-21)26-25(28)23-15-17-24(18-16-23)27(31(2,29)30)19-22-11-7-4-8-12-22/h3-12,15-18,20H,13-14,19H2,1-2H3,(H,26,28)/t20-/m1/s1. The number of carbonyl (C=O) groups is 1. The zero-order valence-corrected chi connectivity index (χ0v) is 18.7. The number of hydrogen-bond acceptors (Lipinski definition) is 3. The van der Waals surface area contributed by atoms with E-state index in [-0.39, 0.29) is 18.5 Å². The molecule has 3 aromatic rings. The summed E-state index contributed by atoms with van der Waals surface area (Å²) in [6.07, 6.45) is 2.92. The van der Waals surface area contributed by atoms with Gasteiger partial charge in [0.15, 0.2) is 0 Å². The van der Waals surface area contributed by atoms with Crippen LogP contribution in [0.4, 0.5) is 5.69 Å². The number of nitrogens with one attached hydrogen (secondary N) is 1. The number of nitrogens with zero attached hydrogens (tertiary/aromatic N) is 1. The lowest BCUT2D eigenvalue weighted by atomic mass is 10.1. The molecular formula is C25H28N2O3S. The van der Waals surface area contributed by atoms with Crippen LogP contribution < -0.4 is 9.62 Å². The van der Waals surface area contributed by atoms with Gasteiger partial charge in [-0.3, -0.25) is 9.10 Å². The molecule has 3 rings (SSSR count). The molecule has 0 spiro atoms. The van der Waals surface area contributed by atoms with Crippen molar-refractivity contribution in [3.63, 3.8) is 0 Å². The van der Waals surface area contributed by atoms with E-state index in [0.717, 1.165) is 18.4 Å². The monoisotopic (exact) mass is 436 g/mol. The zero-order valence-electron chi connectivity index (χ0n) is 17.9. The highest BCUT2D eigenvalue weighted by Gasteiger charge is 2.18. The molecule has 0 aliphatic carbocycles. The van der Waals surface area contributed by atoms with Gasteiger partial charge in [0.05, 0.1) is 18.5 Å². The summed E-state index contributed by atoms with van der Waals surface area (Å²) in [6, 6.07) is 26.3. The van der Waals surface area contributed by atoms with Gasteiger partial charge in [0.2, 0.25) is 10.0 Å². The van der Waals surface area contributed by atoms with Crippen LogP contribution in [-0.4, -0.2) is 26.6 Å². The van der Waals surface area contributed by atoms with Crippen molar-refractivity contribution in [2.24, 2.45) is 0 Å². The van der Waals surface area contributed by atoms with Gasteiger partial charge in [-0.1, -0.05) is 60.7 Å². The molecule has 162 valence electrons. The maximum Gasteiger partial charge on any atom is 0.251 e. The first-order chi connectivity index (χ1) is 14.8. The number of amides is 1. The number of sulfonamides is 1. The van der Waals surface area contributed by atoms with E-state index in [2.05, 4.69) is 17.4 Å². The summed E-state index contributed by atoms with van der Waals surface area (Å²) in [5, 5.41) is 3.01. The number of anilines is 1. The van der Waals surface area contributed by atoms with Crippen LogP contribution in [0.1, 0.15) is 34.8 Å². The van der Waals surface area contributed by atoms with Crippen LogP contribution in [0.15, 0.2) is 84.9 Å². The summed E-state index contributed by atoms with van der Waals surface area (Å²) >= 11 is 0. The van der Waals surface area contributed by atoms with Gasteiger partial charge in [0.25, 0.3) is 5.91 Å². The highest BCUT2D eigenvalue weighted by atomic mass is 32.2. The first-order valence-corrected chi connectivity index (χ1v) is 12.1. The zero-order chi connectivity index (χ0) is 22.3. The average molecular weight is 437 g/mol. The molecule has 6 heteroatoms. The summed E-state index contributed by atoms with van der Waals surface area (Å²) < 4.78 is 26.0. The van der Waals surface area contributed by atoms with Crippen molar-refractivity contribution in [1.29, 1.82) is 0 Å². The minimum absolute atomic E-state index is 0.0259. The molecule has 0 saturated heterocycles. The minimum Gasteiger partial charge on any atom is -0.350 e. The molecule has 0 saturated carbocycles. The van der Waals surface area contributed by atoms with Crippen LogP contribution in [0.2, 0.25) is 0 Å². The normalized spacial score (nSPS) is 12.2. The Hall–Kier alpha value is -3.12. The first kappa shape index (κ1) is 22.6. The molecule has 3 aromatic carbocycles. The highest BCUT2D eigenvalue weighted by molar-refractivity contribution is 7.92. The molecule has 31 heavy (non-hydrogen) atoms. The maximum absolute atomic E-state index is 12.6. The Kier molecular flexibility index (Phi) is 7.47. The largest absolute Gasteiger partial charge is 0.350 e. The number of hydrogen-bond donors (Lipinski definition) is 1. The smallest absolute Gasteiger partial charge is 0.251 e. The molecular weight excluding hydrogens is 408 g/mol. The number of rotatable bonds is 9. The molecule has 0 heterocycles. The topological polar surface area (TPSA) is 66.5 Å². The van der Waals surface area contributed by atoms with Crippen LogP contribution >= 0.6 is 0 Å². The fourth-order valence-electron chi connectivity index (χ4n) is 3.34. The van der Waals surface area contributed by atoms with E-state index < -0.39 is 10.0 Å². The van der Waals surface area contributed by atoms with Crippen LogP contribution in [0.25, 0.3) is 0 Å². The Balaban J connectivity index is 1.64. The van der Waals surface area contributed by atoms with Crippen molar-refractivity contribution in [3.8, 4) is 0 Å². The fraction of sp³-hybridized carbons (Fsp3) is 0.240. The third kappa shape index (κ3) is 6.69. The van der Waals surface area contributed by atoms with E-state index in [1.54, 1.807) is 24.3 Å². The quantitative estimate of drug-likeness (QED) is 0.541. The third-order valence-corrected chi connectivity index (χ3v) is 6.21. The lowest BCUT2D eigenvalue weighted by molar-refractivity contribution is 0.0938. The molecule has 0 bridgehead atoms. The van der Waals surface area contributed by atoms with Gasteiger partial charge in [-0.05, 0) is 55.2 Å². The van der Waals surface area contributed by atoms with Crippen LogP contribution in [0, 0.1) is 0 Å². The van der Waals surface area contributed by atoms with Gasteiger partial charge in [-0.25, -0.2) is 8.42 Å². The second-order valence-electron chi connectivity index (χ2n) is 7.70. The van der Waals surface area contributed by atoms with E-state index in [1.165, 1.54) is 16.1 Å². The summed E-state index contributed by atoms with van der Waals surface area (Å²) in [6.45, 7) is 2.22. The second kappa shape index (κ2) is 10.3. The Morgan fingerprint density at radius 1 is 0.871 bits per heavy atom. The predicted molar refractivity (Wildman–Crippen MR) is 126 cm³/mol. The third-order valence-electron chi connectivity index (χ3n) is 5.07. The lowest BCUT2D eigenvalue weighted by Gasteiger charge is -2.23. The van der Waals surface area contributed by atoms with Crippen molar-refractivity contribution >= 4 is 21.6 Å². The predicted octanol–water partition coefficient (Wildman–Crippen LogP) is 4.40. The van der Waals surface area contributed by atoms with Gasteiger partial charge in [0, 0.05) is 11.6 Å². The van der Waals surface area contributed by atoms with Crippen LogP contribution in [0.5, 0.6) is 0 Å². The highest BCUT2D eigenvalue weighted by Crippen LogP contribution is 2.21.